The molecule has 0 bridgehead atoms. The average molecular weight is 237 g/mol. The van der Waals surface area contributed by atoms with Crippen molar-refractivity contribution < 1.29 is 30.2 Å². The number of hydrogen-bond donors (Lipinski definition) is 2. The Labute approximate surface area is 117 Å². The molecule has 1 aliphatic carbocycles. The zero-order chi connectivity index (χ0) is 11.8. The Kier molecular flexibility index (Phi) is 3.55. The number of carboxylic acids is 1. The number of aromatic nitrogens is 2. The summed E-state index contributed by atoms with van der Waals surface area (Å²) in [5, 5.41) is 12.9. The second-order valence-electron chi connectivity index (χ2n) is 4.21. The van der Waals surface area contributed by atoms with Crippen LogP contribution in [-0.2, 0) is 0 Å². The van der Waals surface area contributed by atoms with Crippen LogP contribution < -0.4 is 24.2 Å². The summed E-state index contributed by atoms with van der Waals surface area (Å²) >= 11 is 0. The molecule has 0 aliphatic heterocycles. The summed E-state index contributed by atoms with van der Waals surface area (Å²) in [6, 6.07) is 3.97. The molecule has 2 heterocycles. The van der Waals surface area contributed by atoms with Gasteiger partial charge in [0.1, 0.15) is 5.82 Å². The fraction of sp³-hybridized carbons (Fsp3) is 0.250. The third-order valence-corrected chi connectivity index (χ3v) is 2.74. The van der Waals surface area contributed by atoms with Crippen LogP contribution in [-0.4, -0.2) is 27.1 Å². The van der Waals surface area contributed by atoms with Gasteiger partial charge in [-0.1, -0.05) is 0 Å². The van der Waals surface area contributed by atoms with E-state index in [4.69, 9.17) is 5.11 Å². The van der Waals surface area contributed by atoms with Crippen molar-refractivity contribution in [3.8, 4) is 0 Å². The van der Waals surface area contributed by atoms with Crippen LogP contribution in [0.1, 0.15) is 24.6 Å². The van der Waals surface area contributed by atoms with Gasteiger partial charge in [0.05, 0.1) is 11.1 Å². The Morgan fingerprint density at radius 2 is 2.11 bits per heavy atom. The van der Waals surface area contributed by atoms with Crippen molar-refractivity contribution in [2.75, 3.05) is 5.32 Å². The van der Waals surface area contributed by atoms with Gasteiger partial charge in [-0.15, -0.1) is 0 Å². The van der Waals surface area contributed by atoms with Crippen LogP contribution in [0.4, 0.5) is 5.82 Å². The van der Waals surface area contributed by atoms with E-state index in [0.717, 1.165) is 16.7 Å². The molecule has 0 saturated heterocycles. The van der Waals surface area contributed by atoms with E-state index < -0.39 is 5.97 Å². The van der Waals surface area contributed by atoms with E-state index >= 15 is 0 Å². The first-order valence-electron chi connectivity index (χ1n) is 5.48. The Morgan fingerprint density at radius 1 is 1.33 bits per heavy atom. The van der Waals surface area contributed by atoms with Crippen LogP contribution in [0.15, 0.2) is 24.5 Å². The molecule has 3 rings (SSSR count). The summed E-state index contributed by atoms with van der Waals surface area (Å²) in [7, 11) is 0. The third kappa shape index (κ3) is 2.63. The normalized spacial score (nSPS) is 14.0. The van der Waals surface area contributed by atoms with Crippen molar-refractivity contribution in [3.63, 3.8) is 0 Å². The second kappa shape index (κ2) is 4.97. The molecule has 1 saturated carbocycles. The zero-order valence-electron chi connectivity index (χ0n) is 11.1. The zero-order valence-corrected chi connectivity index (χ0v) is 10.1. The summed E-state index contributed by atoms with van der Waals surface area (Å²) in [5.41, 5.74) is 0.940. The first-order valence-corrected chi connectivity index (χ1v) is 5.48. The van der Waals surface area contributed by atoms with E-state index in [1.807, 2.05) is 6.07 Å². The molecule has 5 nitrogen and oxygen atoms in total. The largest absolute Gasteiger partial charge is 1.00 e. The number of pyridine rings is 2. The maximum atomic E-state index is 10.8. The van der Waals surface area contributed by atoms with Crippen molar-refractivity contribution >= 4 is 22.7 Å². The maximum Gasteiger partial charge on any atom is 1.00 e. The molecule has 6 heteroatoms. The molecule has 0 amide bonds. The maximum absolute atomic E-state index is 10.8. The number of carbonyl (C=O) groups is 1. The minimum absolute atomic E-state index is 0. The predicted octanol–water partition coefficient (Wildman–Crippen LogP) is -0.981. The van der Waals surface area contributed by atoms with E-state index in [1.54, 1.807) is 12.3 Å². The van der Waals surface area contributed by atoms with Gasteiger partial charge < -0.3 is 11.8 Å². The van der Waals surface area contributed by atoms with Gasteiger partial charge in [0, 0.05) is 29.9 Å². The van der Waals surface area contributed by atoms with Crippen molar-refractivity contribution in [1.82, 2.24) is 9.97 Å². The SMILES string of the molecule is O=C(O)c1cnc2cc(NC3CC3)ncc2c1.[H-].[Li+]. The van der Waals surface area contributed by atoms with Gasteiger partial charge in [-0.3, -0.25) is 4.98 Å². The molecule has 1 fully saturated rings. The summed E-state index contributed by atoms with van der Waals surface area (Å²) in [6.07, 6.45) is 5.39. The van der Waals surface area contributed by atoms with Crippen LogP contribution in [0.2, 0.25) is 0 Å². The number of fused-ring (bicyclic) bond motifs is 1. The molecule has 0 aromatic carbocycles. The summed E-state index contributed by atoms with van der Waals surface area (Å²) < 4.78 is 0. The van der Waals surface area contributed by atoms with Crippen molar-refractivity contribution in [1.29, 1.82) is 0 Å². The van der Waals surface area contributed by atoms with Gasteiger partial charge >= 0.3 is 24.8 Å². The van der Waals surface area contributed by atoms with E-state index in [-0.39, 0.29) is 25.9 Å². The molecule has 0 atom stereocenters. The Balaban J connectivity index is 0.000000902. The van der Waals surface area contributed by atoms with Crippen LogP contribution in [0, 0.1) is 0 Å². The molecule has 88 valence electrons. The monoisotopic (exact) mass is 237 g/mol. The topological polar surface area (TPSA) is 75.1 Å². The molecule has 2 N–H and O–H groups in total. The molecule has 2 aromatic rings. The Bertz CT molecular complexity index is 605. The molecule has 0 radical (unpaired) electrons. The number of hydrogen-bond acceptors (Lipinski definition) is 4. The molecule has 0 unspecified atom stereocenters. The van der Waals surface area contributed by atoms with Crippen LogP contribution in [0.5, 0.6) is 0 Å². The molecular formula is C12H12LiN3O2. The van der Waals surface area contributed by atoms with E-state index in [1.165, 1.54) is 19.0 Å². The Hall–Kier alpha value is -1.57. The fourth-order valence-corrected chi connectivity index (χ4v) is 1.65. The number of nitrogens with one attached hydrogen (secondary N) is 1. The first kappa shape index (κ1) is 12.9. The van der Waals surface area contributed by atoms with Crippen LogP contribution in [0.3, 0.4) is 0 Å². The van der Waals surface area contributed by atoms with Crippen molar-refractivity contribution in [2.45, 2.75) is 18.9 Å². The smallest absolute Gasteiger partial charge is 1.00 e. The van der Waals surface area contributed by atoms with E-state index in [9.17, 15) is 4.79 Å². The second-order valence-corrected chi connectivity index (χ2v) is 4.21. The number of rotatable bonds is 3. The molecule has 0 spiro atoms. The molecule has 2 aromatic heterocycles. The van der Waals surface area contributed by atoms with Crippen molar-refractivity contribution in [2.24, 2.45) is 0 Å². The quantitative estimate of drug-likeness (QED) is 0.671. The van der Waals surface area contributed by atoms with Gasteiger partial charge in [-0.05, 0) is 18.9 Å². The van der Waals surface area contributed by atoms with Crippen molar-refractivity contribution in [3.05, 3.63) is 30.1 Å². The minimum Gasteiger partial charge on any atom is -1.00 e. The molecular weight excluding hydrogens is 225 g/mol. The van der Waals surface area contributed by atoms with Gasteiger partial charge in [0.2, 0.25) is 0 Å². The van der Waals surface area contributed by atoms with Gasteiger partial charge in [0.15, 0.2) is 0 Å². The molecule has 18 heavy (non-hydrogen) atoms. The molecule has 1 aliphatic rings. The van der Waals surface area contributed by atoms with E-state index in [0.29, 0.717) is 6.04 Å². The first-order chi connectivity index (χ1) is 8.22. The summed E-state index contributed by atoms with van der Waals surface area (Å²) in [6.45, 7) is 0. The van der Waals surface area contributed by atoms with Gasteiger partial charge in [-0.2, -0.15) is 0 Å². The number of aromatic carboxylic acids is 1. The van der Waals surface area contributed by atoms with E-state index in [2.05, 4.69) is 15.3 Å². The van der Waals surface area contributed by atoms with Gasteiger partial charge in [-0.25, -0.2) is 9.78 Å². The third-order valence-electron chi connectivity index (χ3n) is 2.74. The standard InChI is InChI=1S/C12H11N3O2.Li.H/c16-12(17)8-3-7-5-14-11(15-9-1-2-9)4-10(7)13-6-8;;/h3-6,9H,1-2H2,(H,14,15)(H,16,17);;/q;+1;-1. The fourth-order valence-electron chi connectivity index (χ4n) is 1.65. The van der Waals surface area contributed by atoms with Crippen LogP contribution in [0.25, 0.3) is 10.9 Å². The summed E-state index contributed by atoms with van der Waals surface area (Å²) in [5.74, 6) is -0.171. The van der Waals surface area contributed by atoms with Gasteiger partial charge in [0.25, 0.3) is 0 Å². The van der Waals surface area contributed by atoms with Crippen LogP contribution >= 0.6 is 0 Å². The predicted molar refractivity (Wildman–Crippen MR) is 64.3 cm³/mol. The summed E-state index contributed by atoms with van der Waals surface area (Å²) in [4.78, 5) is 19.2. The number of carboxylic acid groups (broad SMARTS) is 1. The average Bonchev–Trinajstić information content (AvgIpc) is 3.12. The number of nitrogens with zero attached hydrogens (tertiary/aromatic N) is 2. The Morgan fingerprint density at radius 3 is 2.78 bits per heavy atom. The number of anilines is 1. The minimum atomic E-state index is -0.973.